The maximum Gasteiger partial charge on any atom is 0.222 e. The van der Waals surface area contributed by atoms with Crippen molar-refractivity contribution in [1.82, 2.24) is 14.7 Å². The van der Waals surface area contributed by atoms with Crippen LogP contribution in [0.25, 0.3) is 0 Å². The van der Waals surface area contributed by atoms with E-state index in [9.17, 15) is 4.79 Å². The molecule has 0 aliphatic carbocycles. The van der Waals surface area contributed by atoms with Gasteiger partial charge in [-0.2, -0.15) is 0 Å². The molecule has 5 heteroatoms. The van der Waals surface area contributed by atoms with Gasteiger partial charge in [-0.1, -0.05) is 0 Å². The minimum atomic E-state index is 0.212. The van der Waals surface area contributed by atoms with E-state index in [4.69, 9.17) is 5.73 Å². The molecule has 0 saturated carbocycles. The Morgan fingerprint density at radius 2 is 2.12 bits per heavy atom. The standard InChI is InChI=1S/C12H26N4O/c1-14(2)12(17)5-4-6-16-8-7-15(3)10-11(16)9-13/h11H,4-10,13H2,1-3H3. The fourth-order valence-electron chi connectivity index (χ4n) is 2.22. The summed E-state index contributed by atoms with van der Waals surface area (Å²) in [5.41, 5.74) is 5.79. The molecule has 1 aliphatic rings. The maximum atomic E-state index is 11.5. The third-order valence-electron chi connectivity index (χ3n) is 3.41. The van der Waals surface area contributed by atoms with Crippen molar-refractivity contribution in [3.05, 3.63) is 0 Å². The second-order valence-corrected chi connectivity index (χ2v) is 5.08. The van der Waals surface area contributed by atoms with Gasteiger partial charge in [-0.15, -0.1) is 0 Å². The van der Waals surface area contributed by atoms with Gasteiger partial charge in [-0.25, -0.2) is 0 Å². The van der Waals surface area contributed by atoms with Gasteiger partial charge >= 0.3 is 0 Å². The third kappa shape index (κ3) is 4.61. The molecule has 1 saturated heterocycles. The Morgan fingerprint density at radius 1 is 1.41 bits per heavy atom. The third-order valence-corrected chi connectivity index (χ3v) is 3.41. The first kappa shape index (κ1) is 14.4. The van der Waals surface area contributed by atoms with Crippen LogP contribution in [-0.2, 0) is 4.79 Å². The van der Waals surface area contributed by atoms with Crippen LogP contribution in [0, 0.1) is 0 Å². The van der Waals surface area contributed by atoms with E-state index in [1.54, 1.807) is 19.0 Å². The van der Waals surface area contributed by atoms with Crippen molar-refractivity contribution in [2.45, 2.75) is 18.9 Å². The molecule has 100 valence electrons. The van der Waals surface area contributed by atoms with Crippen LogP contribution < -0.4 is 5.73 Å². The summed E-state index contributed by atoms with van der Waals surface area (Å²) in [5.74, 6) is 0.212. The van der Waals surface area contributed by atoms with Gasteiger partial charge in [0, 0.05) is 52.7 Å². The molecule has 1 heterocycles. The topological polar surface area (TPSA) is 52.8 Å². The number of rotatable bonds is 5. The van der Waals surface area contributed by atoms with Crippen molar-refractivity contribution in [3.63, 3.8) is 0 Å². The van der Waals surface area contributed by atoms with Crippen LogP contribution in [-0.4, -0.2) is 80.5 Å². The SMILES string of the molecule is CN1CCN(CCCC(=O)N(C)C)C(CN)C1. The number of hydrogen-bond acceptors (Lipinski definition) is 4. The molecule has 0 spiro atoms. The second kappa shape index (κ2) is 6.93. The number of nitrogens with two attached hydrogens (primary N) is 1. The van der Waals surface area contributed by atoms with E-state index in [0.29, 0.717) is 19.0 Å². The summed E-state index contributed by atoms with van der Waals surface area (Å²) in [6.45, 7) is 4.88. The first-order chi connectivity index (χ1) is 8.04. The predicted molar refractivity (Wildman–Crippen MR) is 69.8 cm³/mol. The van der Waals surface area contributed by atoms with Crippen molar-refractivity contribution in [3.8, 4) is 0 Å². The summed E-state index contributed by atoms with van der Waals surface area (Å²) in [7, 11) is 5.75. The van der Waals surface area contributed by atoms with Gasteiger partial charge in [0.05, 0.1) is 0 Å². The lowest BCUT2D eigenvalue weighted by molar-refractivity contribution is -0.128. The van der Waals surface area contributed by atoms with Crippen molar-refractivity contribution in [1.29, 1.82) is 0 Å². The summed E-state index contributed by atoms with van der Waals surface area (Å²) in [6.07, 6.45) is 1.56. The number of carbonyl (C=O) groups excluding carboxylic acids is 1. The molecule has 0 aromatic rings. The van der Waals surface area contributed by atoms with Gasteiger partial charge in [0.2, 0.25) is 5.91 Å². The second-order valence-electron chi connectivity index (χ2n) is 5.08. The number of nitrogens with zero attached hydrogens (tertiary/aromatic N) is 3. The zero-order chi connectivity index (χ0) is 12.8. The lowest BCUT2D eigenvalue weighted by Gasteiger charge is -2.39. The highest BCUT2D eigenvalue weighted by Gasteiger charge is 2.23. The maximum absolute atomic E-state index is 11.5. The smallest absolute Gasteiger partial charge is 0.222 e. The lowest BCUT2D eigenvalue weighted by atomic mass is 10.1. The molecule has 0 radical (unpaired) electrons. The zero-order valence-electron chi connectivity index (χ0n) is 11.4. The normalized spacial score (nSPS) is 22.7. The minimum Gasteiger partial charge on any atom is -0.349 e. The van der Waals surface area contributed by atoms with Crippen LogP contribution in [0.3, 0.4) is 0 Å². The highest BCUT2D eigenvalue weighted by Crippen LogP contribution is 2.09. The first-order valence-corrected chi connectivity index (χ1v) is 6.37. The van der Waals surface area contributed by atoms with Crippen LogP contribution in [0.15, 0.2) is 0 Å². The summed E-state index contributed by atoms with van der Waals surface area (Å²) >= 11 is 0. The monoisotopic (exact) mass is 242 g/mol. The fourth-order valence-corrected chi connectivity index (χ4v) is 2.22. The average molecular weight is 242 g/mol. The minimum absolute atomic E-state index is 0.212. The molecule has 1 amide bonds. The molecule has 1 aliphatic heterocycles. The molecule has 0 aromatic heterocycles. The summed E-state index contributed by atoms with van der Waals surface area (Å²) < 4.78 is 0. The summed E-state index contributed by atoms with van der Waals surface area (Å²) in [4.78, 5) is 17.9. The van der Waals surface area contributed by atoms with Crippen LogP contribution >= 0.6 is 0 Å². The molecule has 5 nitrogen and oxygen atoms in total. The molecule has 1 rings (SSSR count). The molecule has 2 N–H and O–H groups in total. The van der Waals surface area contributed by atoms with E-state index in [-0.39, 0.29) is 5.91 Å². The predicted octanol–water partition coefficient (Wildman–Crippen LogP) is -0.570. The van der Waals surface area contributed by atoms with Crippen molar-refractivity contribution in [2.24, 2.45) is 5.73 Å². The fraction of sp³-hybridized carbons (Fsp3) is 0.917. The largest absolute Gasteiger partial charge is 0.349 e. The quantitative estimate of drug-likeness (QED) is 0.701. The average Bonchev–Trinajstić information content (AvgIpc) is 2.30. The van der Waals surface area contributed by atoms with E-state index < -0.39 is 0 Å². The Balaban J connectivity index is 2.28. The van der Waals surface area contributed by atoms with Crippen LogP contribution in [0.1, 0.15) is 12.8 Å². The Kier molecular flexibility index (Phi) is 5.88. The zero-order valence-corrected chi connectivity index (χ0v) is 11.4. The molecule has 0 aromatic carbocycles. The molecule has 0 bridgehead atoms. The Labute approximate surface area is 105 Å². The number of hydrogen-bond donors (Lipinski definition) is 1. The summed E-state index contributed by atoms with van der Waals surface area (Å²) in [5, 5.41) is 0. The number of likely N-dealkylation sites (N-methyl/N-ethyl adjacent to an activating group) is 1. The first-order valence-electron chi connectivity index (χ1n) is 6.37. The molecular formula is C12H26N4O. The van der Waals surface area contributed by atoms with Gasteiger partial charge in [0.25, 0.3) is 0 Å². The van der Waals surface area contributed by atoms with Gasteiger partial charge < -0.3 is 15.5 Å². The number of piperazine rings is 1. The molecule has 17 heavy (non-hydrogen) atoms. The van der Waals surface area contributed by atoms with E-state index >= 15 is 0 Å². The highest BCUT2D eigenvalue weighted by atomic mass is 16.2. The lowest BCUT2D eigenvalue weighted by Crippen LogP contribution is -2.54. The van der Waals surface area contributed by atoms with Gasteiger partial charge in [-0.3, -0.25) is 9.69 Å². The van der Waals surface area contributed by atoms with Crippen LogP contribution in [0.5, 0.6) is 0 Å². The molecule has 1 atom stereocenters. The number of carbonyl (C=O) groups is 1. The Bertz CT molecular complexity index is 245. The van der Waals surface area contributed by atoms with Gasteiger partial charge in [-0.05, 0) is 20.0 Å². The summed E-state index contributed by atoms with van der Waals surface area (Å²) in [6, 6.07) is 0.447. The number of amides is 1. The van der Waals surface area contributed by atoms with E-state index in [1.807, 2.05) is 0 Å². The van der Waals surface area contributed by atoms with Crippen molar-refractivity contribution < 1.29 is 4.79 Å². The van der Waals surface area contributed by atoms with Crippen molar-refractivity contribution in [2.75, 3.05) is 53.9 Å². The Hall–Kier alpha value is -0.650. The molecule has 1 fully saturated rings. The highest BCUT2D eigenvalue weighted by molar-refractivity contribution is 5.75. The van der Waals surface area contributed by atoms with Crippen LogP contribution in [0.2, 0.25) is 0 Å². The Morgan fingerprint density at radius 3 is 2.71 bits per heavy atom. The molecular weight excluding hydrogens is 216 g/mol. The van der Waals surface area contributed by atoms with E-state index in [1.165, 1.54) is 0 Å². The van der Waals surface area contributed by atoms with Gasteiger partial charge in [0.1, 0.15) is 0 Å². The van der Waals surface area contributed by atoms with Crippen molar-refractivity contribution >= 4 is 5.91 Å². The van der Waals surface area contributed by atoms with Gasteiger partial charge in [0.15, 0.2) is 0 Å². The van der Waals surface area contributed by atoms with Crippen LogP contribution in [0.4, 0.5) is 0 Å². The van der Waals surface area contributed by atoms with E-state index in [0.717, 1.165) is 32.6 Å². The van der Waals surface area contributed by atoms with E-state index in [2.05, 4.69) is 16.8 Å². The molecule has 1 unspecified atom stereocenters.